The van der Waals surface area contributed by atoms with E-state index >= 15 is 0 Å². The predicted octanol–water partition coefficient (Wildman–Crippen LogP) is 4.16. The molecular weight excluding hydrogens is 208 g/mol. The molecule has 0 saturated heterocycles. The highest BCUT2D eigenvalue weighted by atomic mass is 35.5. The van der Waals surface area contributed by atoms with Crippen molar-refractivity contribution in [3.8, 4) is 5.75 Å². The average molecular weight is 223 g/mol. The van der Waals surface area contributed by atoms with Crippen LogP contribution in [0.2, 0.25) is 5.02 Å². The molecule has 0 aliphatic heterocycles. The van der Waals surface area contributed by atoms with Gasteiger partial charge in [-0.15, -0.1) is 0 Å². The van der Waals surface area contributed by atoms with Gasteiger partial charge in [-0.1, -0.05) is 29.8 Å². The zero-order chi connectivity index (χ0) is 10.8. The van der Waals surface area contributed by atoms with Gasteiger partial charge in [-0.3, -0.25) is 0 Å². The van der Waals surface area contributed by atoms with E-state index in [4.69, 9.17) is 16.3 Å². The zero-order valence-electron chi connectivity index (χ0n) is 8.92. The molecule has 0 radical (unpaired) electrons. The molecule has 1 nitrogen and oxygen atoms in total. The van der Waals surface area contributed by atoms with E-state index < -0.39 is 0 Å². The molecule has 0 bridgehead atoms. The molecular formula is C13H15ClO. The third-order valence-corrected chi connectivity index (χ3v) is 2.89. The summed E-state index contributed by atoms with van der Waals surface area (Å²) in [4.78, 5) is 0. The molecule has 1 saturated carbocycles. The van der Waals surface area contributed by atoms with Crippen LogP contribution in [0.25, 0.3) is 5.57 Å². The van der Waals surface area contributed by atoms with Gasteiger partial charge in [0.05, 0.1) is 11.6 Å². The van der Waals surface area contributed by atoms with Crippen LogP contribution >= 0.6 is 11.6 Å². The lowest BCUT2D eigenvalue weighted by molar-refractivity contribution is 0.300. The van der Waals surface area contributed by atoms with Crippen LogP contribution in [0, 0.1) is 5.92 Å². The van der Waals surface area contributed by atoms with Gasteiger partial charge in [0.1, 0.15) is 5.75 Å². The Morgan fingerprint density at radius 3 is 2.80 bits per heavy atom. The van der Waals surface area contributed by atoms with Gasteiger partial charge in [-0.2, -0.15) is 0 Å². The van der Waals surface area contributed by atoms with Crippen LogP contribution in [-0.2, 0) is 0 Å². The maximum atomic E-state index is 6.11. The predicted molar refractivity (Wildman–Crippen MR) is 64.4 cm³/mol. The topological polar surface area (TPSA) is 9.23 Å². The van der Waals surface area contributed by atoms with Crippen molar-refractivity contribution in [2.75, 3.05) is 6.61 Å². The molecule has 15 heavy (non-hydrogen) atoms. The summed E-state index contributed by atoms with van der Waals surface area (Å²) < 4.78 is 5.63. The van der Waals surface area contributed by atoms with E-state index in [1.54, 1.807) is 0 Å². The largest absolute Gasteiger partial charge is 0.492 e. The number of hydrogen-bond acceptors (Lipinski definition) is 1. The summed E-state index contributed by atoms with van der Waals surface area (Å²) in [7, 11) is 0. The molecule has 2 rings (SSSR count). The minimum Gasteiger partial charge on any atom is -0.492 e. The van der Waals surface area contributed by atoms with Crippen molar-refractivity contribution in [1.29, 1.82) is 0 Å². The first-order chi connectivity index (χ1) is 7.16. The summed E-state index contributed by atoms with van der Waals surface area (Å²) in [6.07, 6.45) is 2.59. The Balaban J connectivity index is 2.07. The van der Waals surface area contributed by atoms with Gasteiger partial charge < -0.3 is 4.74 Å². The van der Waals surface area contributed by atoms with Gasteiger partial charge in [0.25, 0.3) is 0 Å². The van der Waals surface area contributed by atoms with Crippen molar-refractivity contribution in [3.63, 3.8) is 0 Å². The van der Waals surface area contributed by atoms with Crippen LogP contribution in [0.15, 0.2) is 24.8 Å². The smallest absolute Gasteiger partial charge is 0.137 e. The van der Waals surface area contributed by atoms with Gasteiger partial charge in [-0.25, -0.2) is 0 Å². The monoisotopic (exact) mass is 222 g/mol. The number of benzene rings is 1. The van der Waals surface area contributed by atoms with Crippen molar-refractivity contribution in [1.82, 2.24) is 0 Å². The van der Waals surface area contributed by atoms with Crippen molar-refractivity contribution in [3.05, 3.63) is 35.4 Å². The Morgan fingerprint density at radius 2 is 2.27 bits per heavy atom. The van der Waals surface area contributed by atoms with Crippen LogP contribution in [-0.4, -0.2) is 6.61 Å². The molecule has 0 spiro atoms. The summed E-state index contributed by atoms with van der Waals surface area (Å²) >= 11 is 6.11. The second-order valence-corrected chi connectivity index (χ2v) is 4.59. The Labute approximate surface area is 95.7 Å². The van der Waals surface area contributed by atoms with E-state index in [0.29, 0.717) is 5.02 Å². The SMILES string of the molecule is C=C(C)c1ccc(OCC2CC2)c(Cl)c1. The highest BCUT2D eigenvalue weighted by Crippen LogP contribution is 2.32. The van der Waals surface area contributed by atoms with Gasteiger partial charge >= 0.3 is 0 Å². The molecule has 1 aliphatic rings. The normalized spacial score (nSPS) is 15.1. The van der Waals surface area contributed by atoms with Crippen LogP contribution in [0.1, 0.15) is 25.3 Å². The number of halogens is 1. The Bertz CT molecular complexity index is 380. The summed E-state index contributed by atoms with van der Waals surface area (Å²) in [6.45, 7) is 6.65. The number of rotatable bonds is 4. The highest BCUT2D eigenvalue weighted by Gasteiger charge is 2.22. The molecule has 1 fully saturated rings. The zero-order valence-corrected chi connectivity index (χ0v) is 9.68. The van der Waals surface area contributed by atoms with E-state index in [1.165, 1.54) is 12.8 Å². The third kappa shape index (κ3) is 2.75. The lowest BCUT2D eigenvalue weighted by Gasteiger charge is -2.08. The average Bonchev–Trinajstić information content (AvgIpc) is 2.99. The molecule has 0 atom stereocenters. The van der Waals surface area contributed by atoms with Gasteiger partial charge in [0, 0.05) is 0 Å². The minimum atomic E-state index is 0.677. The minimum absolute atomic E-state index is 0.677. The maximum Gasteiger partial charge on any atom is 0.137 e. The van der Waals surface area contributed by atoms with Gasteiger partial charge in [-0.05, 0) is 43.4 Å². The standard InChI is InChI=1S/C13H15ClO/c1-9(2)11-5-6-13(12(14)7-11)15-8-10-3-4-10/h5-7,10H,1,3-4,8H2,2H3. The maximum absolute atomic E-state index is 6.11. The molecule has 0 amide bonds. The van der Waals surface area contributed by atoms with Crippen molar-refractivity contribution in [2.45, 2.75) is 19.8 Å². The molecule has 1 aliphatic carbocycles. The van der Waals surface area contributed by atoms with E-state index in [2.05, 4.69) is 6.58 Å². The molecule has 1 aromatic rings. The van der Waals surface area contributed by atoms with E-state index in [0.717, 1.165) is 29.4 Å². The lowest BCUT2D eigenvalue weighted by atomic mass is 10.1. The van der Waals surface area contributed by atoms with Crippen molar-refractivity contribution >= 4 is 17.2 Å². The van der Waals surface area contributed by atoms with Crippen LogP contribution in [0.5, 0.6) is 5.75 Å². The van der Waals surface area contributed by atoms with E-state index in [-0.39, 0.29) is 0 Å². The number of allylic oxidation sites excluding steroid dienone is 1. The fourth-order valence-corrected chi connectivity index (χ4v) is 1.61. The van der Waals surface area contributed by atoms with Gasteiger partial charge in [0.2, 0.25) is 0 Å². The van der Waals surface area contributed by atoms with Crippen LogP contribution < -0.4 is 4.74 Å². The van der Waals surface area contributed by atoms with Crippen LogP contribution in [0.3, 0.4) is 0 Å². The fraction of sp³-hybridized carbons (Fsp3) is 0.385. The second kappa shape index (κ2) is 4.28. The first-order valence-electron chi connectivity index (χ1n) is 5.25. The Hall–Kier alpha value is -0.950. The molecule has 2 heteroatoms. The summed E-state index contributed by atoms with van der Waals surface area (Å²) in [5, 5.41) is 0.677. The van der Waals surface area contributed by atoms with E-state index in [9.17, 15) is 0 Å². The summed E-state index contributed by atoms with van der Waals surface area (Å²) in [5.41, 5.74) is 2.09. The number of ether oxygens (including phenoxy) is 1. The summed E-state index contributed by atoms with van der Waals surface area (Å²) in [5.74, 6) is 1.54. The molecule has 80 valence electrons. The fourth-order valence-electron chi connectivity index (χ4n) is 1.38. The second-order valence-electron chi connectivity index (χ2n) is 4.18. The molecule has 0 aromatic heterocycles. The first-order valence-corrected chi connectivity index (χ1v) is 5.63. The van der Waals surface area contributed by atoms with Crippen LogP contribution in [0.4, 0.5) is 0 Å². The van der Waals surface area contributed by atoms with E-state index in [1.807, 2.05) is 25.1 Å². The Morgan fingerprint density at radius 1 is 1.53 bits per heavy atom. The van der Waals surface area contributed by atoms with Gasteiger partial charge in [0.15, 0.2) is 0 Å². The number of hydrogen-bond donors (Lipinski definition) is 0. The molecule has 0 heterocycles. The van der Waals surface area contributed by atoms with Crippen molar-refractivity contribution in [2.24, 2.45) is 5.92 Å². The lowest BCUT2D eigenvalue weighted by Crippen LogP contribution is -1.99. The third-order valence-electron chi connectivity index (χ3n) is 2.60. The quantitative estimate of drug-likeness (QED) is 0.743. The Kier molecular flexibility index (Phi) is 3.01. The molecule has 1 aromatic carbocycles. The van der Waals surface area contributed by atoms with Crippen molar-refractivity contribution < 1.29 is 4.74 Å². The summed E-state index contributed by atoms with van der Waals surface area (Å²) in [6, 6.07) is 5.83. The first kappa shape index (κ1) is 10.6. The molecule has 0 N–H and O–H groups in total. The molecule has 0 unspecified atom stereocenters. The highest BCUT2D eigenvalue weighted by molar-refractivity contribution is 6.32.